The molecule has 2 heterocycles. The minimum Gasteiger partial charge on any atom is -0.361 e. The molecule has 0 spiro atoms. The first-order valence-electron chi connectivity index (χ1n) is 6.47. The van der Waals surface area contributed by atoms with Gasteiger partial charge < -0.3 is 10.3 Å². The minimum atomic E-state index is 0.468. The van der Waals surface area contributed by atoms with Crippen LogP contribution in [-0.4, -0.2) is 36.1 Å². The number of nitrogens with zero attached hydrogens (tertiary/aromatic N) is 1. The van der Waals surface area contributed by atoms with E-state index in [0.717, 1.165) is 30.7 Å². The Bertz CT molecular complexity index is 543. The van der Waals surface area contributed by atoms with Gasteiger partial charge in [0, 0.05) is 53.8 Å². The number of hydrogen-bond acceptors (Lipinski definition) is 2. The van der Waals surface area contributed by atoms with E-state index in [4.69, 9.17) is 0 Å². The molecule has 3 nitrogen and oxygen atoms in total. The third-order valence-corrected chi connectivity index (χ3v) is 4.32. The molecule has 0 amide bonds. The maximum Gasteiger partial charge on any atom is 0.0458 e. The fourth-order valence-corrected chi connectivity index (χ4v) is 3.09. The van der Waals surface area contributed by atoms with Gasteiger partial charge in [-0.15, -0.1) is 0 Å². The number of rotatable bonds is 2. The Kier molecular flexibility index (Phi) is 3.41. The van der Waals surface area contributed by atoms with Gasteiger partial charge in [0.1, 0.15) is 0 Å². The number of halogens is 1. The average molecular weight is 308 g/mol. The lowest BCUT2D eigenvalue weighted by Gasteiger charge is -2.32. The van der Waals surface area contributed by atoms with Crippen molar-refractivity contribution < 1.29 is 0 Å². The molecule has 0 unspecified atom stereocenters. The van der Waals surface area contributed by atoms with Crippen molar-refractivity contribution in [2.45, 2.75) is 13.0 Å². The van der Waals surface area contributed by atoms with Gasteiger partial charge in [-0.2, -0.15) is 0 Å². The zero-order valence-electron chi connectivity index (χ0n) is 10.5. The highest BCUT2D eigenvalue weighted by Gasteiger charge is 2.20. The maximum absolute atomic E-state index is 3.56. The lowest BCUT2D eigenvalue weighted by atomic mass is 10.1. The number of aromatic amines is 1. The summed E-state index contributed by atoms with van der Waals surface area (Å²) in [6, 6.07) is 6.89. The van der Waals surface area contributed by atoms with Crippen molar-refractivity contribution in [1.82, 2.24) is 15.2 Å². The van der Waals surface area contributed by atoms with Gasteiger partial charge in [-0.05, 0) is 30.7 Å². The largest absolute Gasteiger partial charge is 0.361 e. The first kappa shape index (κ1) is 12.2. The molecule has 1 aliphatic heterocycles. The number of H-pyrrole nitrogens is 1. The molecule has 18 heavy (non-hydrogen) atoms. The summed E-state index contributed by atoms with van der Waals surface area (Å²) in [4.78, 5) is 5.91. The highest BCUT2D eigenvalue weighted by atomic mass is 79.9. The summed E-state index contributed by atoms with van der Waals surface area (Å²) in [6.45, 7) is 6.74. The number of piperazine rings is 1. The lowest BCUT2D eigenvalue weighted by molar-refractivity contribution is 0.186. The number of benzene rings is 1. The van der Waals surface area contributed by atoms with E-state index in [1.165, 1.54) is 16.5 Å². The molecule has 0 bridgehead atoms. The molecule has 1 saturated heterocycles. The molecule has 4 heteroatoms. The zero-order chi connectivity index (χ0) is 12.5. The Morgan fingerprint density at radius 2 is 2.06 bits per heavy atom. The Morgan fingerprint density at radius 1 is 1.28 bits per heavy atom. The quantitative estimate of drug-likeness (QED) is 0.894. The van der Waals surface area contributed by atoms with Crippen LogP contribution < -0.4 is 5.32 Å². The van der Waals surface area contributed by atoms with Gasteiger partial charge in [-0.25, -0.2) is 0 Å². The Morgan fingerprint density at radius 3 is 2.83 bits per heavy atom. The molecule has 0 aliphatic carbocycles. The van der Waals surface area contributed by atoms with Crippen molar-refractivity contribution in [1.29, 1.82) is 0 Å². The van der Waals surface area contributed by atoms with E-state index >= 15 is 0 Å². The number of hydrogen-bond donors (Lipinski definition) is 2. The summed E-state index contributed by atoms with van der Waals surface area (Å²) in [5, 5.41) is 4.73. The molecular formula is C14H18BrN3. The zero-order valence-corrected chi connectivity index (χ0v) is 12.1. The van der Waals surface area contributed by atoms with Gasteiger partial charge in [-0.1, -0.05) is 15.9 Å². The van der Waals surface area contributed by atoms with Crippen LogP contribution in [0.4, 0.5) is 0 Å². The summed E-state index contributed by atoms with van der Waals surface area (Å²) in [6.07, 6.45) is 2.16. The van der Waals surface area contributed by atoms with Gasteiger partial charge in [0.15, 0.2) is 0 Å². The summed E-state index contributed by atoms with van der Waals surface area (Å²) >= 11 is 3.56. The van der Waals surface area contributed by atoms with Crippen molar-refractivity contribution in [2.24, 2.45) is 0 Å². The van der Waals surface area contributed by atoms with Crippen LogP contribution in [0.25, 0.3) is 10.9 Å². The van der Waals surface area contributed by atoms with E-state index in [1.54, 1.807) is 0 Å². The molecule has 1 fully saturated rings. The van der Waals surface area contributed by atoms with Gasteiger partial charge in [0.05, 0.1) is 0 Å². The number of nitrogens with one attached hydrogen (secondary N) is 2. The molecule has 1 aromatic heterocycles. The molecule has 2 N–H and O–H groups in total. The normalized spacial score (nSPS) is 19.2. The Balaban J connectivity index is 1.95. The van der Waals surface area contributed by atoms with Crippen LogP contribution in [0, 0.1) is 0 Å². The Labute approximate surface area is 116 Å². The highest BCUT2D eigenvalue weighted by molar-refractivity contribution is 9.10. The second-order valence-electron chi connectivity index (χ2n) is 4.90. The third-order valence-electron chi connectivity index (χ3n) is 3.83. The van der Waals surface area contributed by atoms with E-state index in [2.05, 4.69) is 62.5 Å². The van der Waals surface area contributed by atoms with Crippen LogP contribution in [0.5, 0.6) is 0 Å². The van der Waals surface area contributed by atoms with Crippen LogP contribution in [0.1, 0.15) is 18.5 Å². The standard InChI is InChI=1S/C14H18BrN3/c1-10(18-6-4-16-5-7-18)13-9-17-14-3-2-11(15)8-12(13)14/h2-3,8-10,16-17H,4-7H2,1H3/t10-/m1/s1. The average Bonchev–Trinajstić information content (AvgIpc) is 2.82. The molecule has 96 valence electrons. The topological polar surface area (TPSA) is 31.1 Å². The summed E-state index contributed by atoms with van der Waals surface area (Å²) in [7, 11) is 0. The predicted molar refractivity (Wildman–Crippen MR) is 78.9 cm³/mol. The van der Waals surface area contributed by atoms with Crippen LogP contribution >= 0.6 is 15.9 Å². The summed E-state index contributed by atoms with van der Waals surface area (Å²) in [5.41, 5.74) is 2.61. The first-order chi connectivity index (χ1) is 8.75. The Hall–Kier alpha value is -0.840. The second-order valence-corrected chi connectivity index (χ2v) is 5.81. The minimum absolute atomic E-state index is 0.468. The third kappa shape index (κ3) is 2.20. The van der Waals surface area contributed by atoms with Crippen molar-refractivity contribution in [2.75, 3.05) is 26.2 Å². The predicted octanol–water partition coefficient (Wildman–Crippen LogP) is 2.90. The SMILES string of the molecule is C[C@H](c1c[nH]c2ccc(Br)cc12)N1CCNCC1. The van der Waals surface area contributed by atoms with Crippen LogP contribution in [0.3, 0.4) is 0 Å². The molecule has 0 radical (unpaired) electrons. The van der Waals surface area contributed by atoms with Crippen molar-refractivity contribution in [3.63, 3.8) is 0 Å². The van der Waals surface area contributed by atoms with Crippen molar-refractivity contribution >= 4 is 26.8 Å². The lowest BCUT2D eigenvalue weighted by Crippen LogP contribution is -2.44. The van der Waals surface area contributed by atoms with Crippen molar-refractivity contribution in [3.05, 3.63) is 34.4 Å². The highest BCUT2D eigenvalue weighted by Crippen LogP contribution is 2.30. The van der Waals surface area contributed by atoms with Gasteiger partial charge in [0.25, 0.3) is 0 Å². The second kappa shape index (κ2) is 5.03. The number of fused-ring (bicyclic) bond motifs is 1. The van der Waals surface area contributed by atoms with Crippen molar-refractivity contribution in [3.8, 4) is 0 Å². The van der Waals surface area contributed by atoms with E-state index in [-0.39, 0.29) is 0 Å². The van der Waals surface area contributed by atoms with E-state index in [1.807, 2.05) is 0 Å². The van der Waals surface area contributed by atoms with Gasteiger partial charge in [0.2, 0.25) is 0 Å². The maximum atomic E-state index is 3.56. The van der Waals surface area contributed by atoms with E-state index in [9.17, 15) is 0 Å². The molecule has 1 aliphatic rings. The molecule has 0 saturated carbocycles. The van der Waals surface area contributed by atoms with Crippen LogP contribution in [0.2, 0.25) is 0 Å². The van der Waals surface area contributed by atoms with E-state index in [0.29, 0.717) is 6.04 Å². The number of aromatic nitrogens is 1. The molecule has 3 rings (SSSR count). The van der Waals surface area contributed by atoms with Gasteiger partial charge >= 0.3 is 0 Å². The fraction of sp³-hybridized carbons (Fsp3) is 0.429. The smallest absolute Gasteiger partial charge is 0.0458 e. The molecular weight excluding hydrogens is 290 g/mol. The summed E-state index contributed by atoms with van der Waals surface area (Å²) in [5.74, 6) is 0. The monoisotopic (exact) mass is 307 g/mol. The van der Waals surface area contributed by atoms with Crippen LogP contribution in [0.15, 0.2) is 28.9 Å². The summed E-state index contributed by atoms with van der Waals surface area (Å²) < 4.78 is 1.14. The molecule has 2 aromatic rings. The fourth-order valence-electron chi connectivity index (χ4n) is 2.73. The van der Waals surface area contributed by atoms with E-state index < -0.39 is 0 Å². The first-order valence-corrected chi connectivity index (χ1v) is 7.26. The van der Waals surface area contributed by atoms with Gasteiger partial charge in [-0.3, -0.25) is 4.90 Å². The molecule has 1 atom stereocenters. The van der Waals surface area contributed by atoms with Crippen LogP contribution in [-0.2, 0) is 0 Å². The molecule has 1 aromatic carbocycles.